The Labute approximate surface area is 138 Å². The van der Waals surface area contributed by atoms with Crippen LogP contribution in [0.5, 0.6) is 0 Å². The van der Waals surface area contributed by atoms with Gasteiger partial charge in [0.2, 0.25) is 5.91 Å². The molecule has 0 atom stereocenters. The van der Waals surface area contributed by atoms with Gasteiger partial charge in [0.05, 0.1) is 4.91 Å². The van der Waals surface area contributed by atoms with Crippen LogP contribution in [0.2, 0.25) is 0 Å². The van der Waals surface area contributed by atoms with Gasteiger partial charge in [0.1, 0.15) is 0 Å². The van der Waals surface area contributed by atoms with E-state index in [-0.39, 0.29) is 29.5 Å². The summed E-state index contributed by atoms with van der Waals surface area (Å²) >= 11 is 0.915. The Balaban J connectivity index is 1.56. The van der Waals surface area contributed by atoms with Crippen molar-refractivity contribution in [2.24, 2.45) is 5.92 Å². The van der Waals surface area contributed by atoms with Gasteiger partial charge in [-0.1, -0.05) is 12.5 Å². The molecule has 1 aromatic rings. The van der Waals surface area contributed by atoms with E-state index in [1.807, 2.05) is 6.07 Å². The van der Waals surface area contributed by atoms with Crippen LogP contribution in [0.1, 0.15) is 24.8 Å². The van der Waals surface area contributed by atoms with Gasteiger partial charge in [-0.05, 0) is 42.3 Å². The number of aromatic nitrogens is 1. The third-order valence-electron chi connectivity index (χ3n) is 3.97. The number of nitrogens with zero attached hydrogens (tertiary/aromatic N) is 2. The Bertz CT molecular complexity index is 656. The molecule has 1 aliphatic heterocycles. The molecule has 2 aliphatic rings. The van der Waals surface area contributed by atoms with Gasteiger partial charge in [-0.3, -0.25) is 24.3 Å². The second-order valence-corrected chi connectivity index (χ2v) is 6.53. The Morgan fingerprint density at radius 3 is 2.91 bits per heavy atom. The fourth-order valence-corrected chi connectivity index (χ4v) is 3.28. The molecule has 6 nitrogen and oxygen atoms in total. The summed E-state index contributed by atoms with van der Waals surface area (Å²) in [4.78, 5) is 41.5. The van der Waals surface area contributed by atoms with Gasteiger partial charge in [0.15, 0.2) is 0 Å². The van der Waals surface area contributed by atoms with E-state index in [1.165, 1.54) is 4.90 Å². The van der Waals surface area contributed by atoms with Crippen LogP contribution < -0.4 is 5.32 Å². The van der Waals surface area contributed by atoms with Crippen LogP contribution in [0, 0.1) is 5.92 Å². The molecule has 1 saturated carbocycles. The van der Waals surface area contributed by atoms with E-state index >= 15 is 0 Å². The van der Waals surface area contributed by atoms with Crippen molar-refractivity contribution in [2.75, 3.05) is 13.1 Å². The zero-order valence-corrected chi connectivity index (χ0v) is 13.3. The molecule has 0 bridgehead atoms. The average molecular weight is 331 g/mol. The predicted octanol–water partition coefficient (Wildman–Crippen LogP) is 2.03. The number of amides is 3. The lowest BCUT2D eigenvalue weighted by molar-refractivity contribution is -0.128. The fourth-order valence-electron chi connectivity index (χ4n) is 2.41. The summed E-state index contributed by atoms with van der Waals surface area (Å²) in [7, 11) is 0. The molecular weight excluding hydrogens is 314 g/mol. The molecule has 7 heteroatoms. The van der Waals surface area contributed by atoms with E-state index in [1.54, 1.807) is 24.5 Å². The van der Waals surface area contributed by atoms with Gasteiger partial charge in [-0.15, -0.1) is 0 Å². The van der Waals surface area contributed by atoms with Gasteiger partial charge in [0.25, 0.3) is 11.1 Å². The number of imide groups is 1. The number of hydrogen-bond donors (Lipinski definition) is 1. The molecule has 23 heavy (non-hydrogen) atoms. The van der Waals surface area contributed by atoms with Crippen LogP contribution in [0.15, 0.2) is 29.4 Å². The molecule has 0 unspecified atom stereocenters. The van der Waals surface area contributed by atoms with Crippen molar-refractivity contribution < 1.29 is 14.4 Å². The summed E-state index contributed by atoms with van der Waals surface area (Å²) in [6, 6.07) is 3.59. The molecule has 1 aliphatic carbocycles. The molecule has 1 saturated heterocycles. The number of carbonyl (C=O) groups is 3. The normalized spacial score (nSPS) is 20.0. The number of rotatable bonds is 5. The van der Waals surface area contributed by atoms with Crippen molar-refractivity contribution in [2.45, 2.75) is 19.3 Å². The molecule has 0 radical (unpaired) electrons. The minimum atomic E-state index is -0.318. The number of hydrogen-bond acceptors (Lipinski definition) is 5. The first kappa shape index (κ1) is 15.7. The van der Waals surface area contributed by atoms with E-state index in [9.17, 15) is 14.4 Å². The average Bonchev–Trinajstić information content (AvgIpc) is 2.74. The lowest BCUT2D eigenvalue weighted by atomic mass is 9.85. The molecule has 0 spiro atoms. The standard InChI is InChI=1S/C16H17N3O3S/c20-14(12-4-1-5-12)18-7-8-19-15(21)13(23-16(19)22)9-11-3-2-6-17-10-11/h2-3,6,9-10,12H,1,4-5,7-8H2,(H,18,20)/b13-9+. The van der Waals surface area contributed by atoms with Crippen molar-refractivity contribution in [3.63, 3.8) is 0 Å². The molecular formula is C16H17N3O3S. The Morgan fingerprint density at radius 1 is 1.43 bits per heavy atom. The zero-order valence-electron chi connectivity index (χ0n) is 12.5. The van der Waals surface area contributed by atoms with Crippen LogP contribution in [-0.2, 0) is 9.59 Å². The fraction of sp³-hybridized carbons (Fsp3) is 0.375. The zero-order chi connectivity index (χ0) is 16.2. The smallest absolute Gasteiger partial charge is 0.293 e. The van der Waals surface area contributed by atoms with Crippen molar-refractivity contribution in [1.82, 2.24) is 15.2 Å². The highest BCUT2D eigenvalue weighted by atomic mass is 32.2. The molecule has 3 amide bonds. The lowest BCUT2D eigenvalue weighted by Crippen LogP contribution is -2.40. The van der Waals surface area contributed by atoms with Gasteiger partial charge in [-0.25, -0.2) is 0 Å². The Morgan fingerprint density at radius 2 is 2.26 bits per heavy atom. The highest BCUT2D eigenvalue weighted by Gasteiger charge is 2.35. The highest BCUT2D eigenvalue weighted by molar-refractivity contribution is 8.18. The largest absolute Gasteiger partial charge is 0.354 e. The van der Waals surface area contributed by atoms with Crippen molar-refractivity contribution in [3.05, 3.63) is 35.0 Å². The second-order valence-electron chi connectivity index (χ2n) is 5.54. The molecule has 1 N–H and O–H groups in total. The summed E-state index contributed by atoms with van der Waals surface area (Å²) < 4.78 is 0. The molecule has 2 heterocycles. The maximum absolute atomic E-state index is 12.3. The quantitative estimate of drug-likeness (QED) is 0.835. The molecule has 0 aromatic carbocycles. The summed E-state index contributed by atoms with van der Waals surface area (Å²) in [6.45, 7) is 0.501. The first-order valence-corrected chi connectivity index (χ1v) is 8.40. The third kappa shape index (κ3) is 3.61. The van der Waals surface area contributed by atoms with E-state index in [0.29, 0.717) is 11.4 Å². The van der Waals surface area contributed by atoms with E-state index in [4.69, 9.17) is 0 Å². The second kappa shape index (κ2) is 6.95. The topological polar surface area (TPSA) is 79.4 Å². The number of carbonyl (C=O) groups excluding carboxylic acids is 3. The maximum Gasteiger partial charge on any atom is 0.293 e. The minimum absolute atomic E-state index is 0.0223. The van der Waals surface area contributed by atoms with Crippen LogP contribution in [0.4, 0.5) is 4.79 Å². The number of pyridine rings is 1. The highest BCUT2D eigenvalue weighted by Crippen LogP contribution is 2.31. The maximum atomic E-state index is 12.3. The monoisotopic (exact) mass is 331 g/mol. The van der Waals surface area contributed by atoms with E-state index in [0.717, 1.165) is 36.6 Å². The van der Waals surface area contributed by atoms with Crippen molar-refractivity contribution in [3.8, 4) is 0 Å². The van der Waals surface area contributed by atoms with Crippen LogP contribution >= 0.6 is 11.8 Å². The SMILES string of the molecule is O=C(NCCN1C(=O)S/C(=C/c2cccnc2)C1=O)C1CCC1. The first-order chi connectivity index (χ1) is 11.1. The minimum Gasteiger partial charge on any atom is -0.354 e. The van der Waals surface area contributed by atoms with E-state index < -0.39 is 0 Å². The van der Waals surface area contributed by atoms with Gasteiger partial charge in [-0.2, -0.15) is 0 Å². The lowest BCUT2D eigenvalue weighted by Gasteiger charge is -2.24. The van der Waals surface area contributed by atoms with Gasteiger partial charge >= 0.3 is 0 Å². The molecule has 1 aromatic heterocycles. The predicted molar refractivity (Wildman–Crippen MR) is 87.3 cm³/mol. The van der Waals surface area contributed by atoms with Crippen molar-refractivity contribution >= 4 is 34.9 Å². The molecule has 2 fully saturated rings. The Hall–Kier alpha value is -2.15. The van der Waals surface area contributed by atoms with Crippen molar-refractivity contribution in [1.29, 1.82) is 0 Å². The van der Waals surface area contributed by atoms with Crippen LogP contribution in [0.25, 0.3) is 6.08 Å². The first-order valence-electron chi connectivity index (χ1n) is 7.58. The Kier molecular flexibility index (Phi) is 4.76. The third-order valence-corrected chi connectivity index (χ3v) is 4.87. The summed E-state index contributed by atoms with van der Waals surface area (Å²) in [5.41, 5.74) is 0.774. The van der Waals surface area contributed by atoms with Crippen LogP contribution in [-0.4, -0.2) is 40.0 Å². The molecule has 120 valence electrons. The van der Waals surface area contributed by atoms with Crippen LogP contribution in [0.3, 0.4) is 0 Å². The van der Waals surface area contributed by atoms with Gasteiger partial charge < -0.3 is 5.32 Å². The molecule has 3 rings (SSSR count). The summed E-state index contributed by atoms with van der Waals surface area (Å²) in [6.07, 6.45) is 7.90. The van der Waals surface area contributed by atoms with Gasteiger partial charge in [0, 0.05) is 31.4 Å². The summed E-state index contributed by atoms with van der Waals surface area (Å²) in [5.74, 6) is -0.189. The number of thioether (sulfide) groups is 1. The number of nitrogens with one attached hydrogen (secondary N) is 1. The van der Waals surface area contributed by atoms with E-state index in [2.05, 4.69) is 10.3 Å². The summed E-state index contributed by atoms with van der Waals surface area (Å²) in [5, 5.41) is 2.49.